The lowest BCUT2D eigenvalue weighted by Crippen LogP contribution is -2.31. The topological polar surface area (TPSA) is 94.5 Å². The Labute approximate surface area is 130 Å². The first-order chi connectivity index (χ1) is 10.3. The molecule has 2 heterocycles. The molecule has 22 heavy (non-hydrogen) atoms. The third kappa shape index (κ3) is 4.63. The van der Waals surface area contributed by atoms with Crippen molar-refractivity contribution in [1.82, 2.24) is 0 Å². The van der Waals surface area contributed by atoms with E-state index in [9.17, 15) is 9.90 Å². The van der Waals surface area contributed by atoms with Crippen LogP contribution < -0.4 is 0 Å². The monoisotopic (exact) mass is 318 g/mol. The van der Waals surface area contributed by atoms with Gasteiger partial charge in [-0.05, 0) is 20.8 Å². The van der Waals surface area contributed by atoms with Crippen LogP contribution in [0.15, 0.2) is 0 Å². The molecule has 128 valence electrons. The van der Waals surface area contributed by atoms with Gasteiger partial charge >= 0.3 is 5.97 Å². The van der Waals surface area contributed by atoms with E-state index in [1.807, 2.05) is 6.92 Å². The number of carboxylic acid groups (broad SMARTS) is 1. The fourth-order valence-electron chi connectivity index (χ4n) is 2.82. The average molecular weight is 318 g/mol. The minimum Gasteiger partial charge on any atom is -0.481 e. The first-order valence-corrected chi connectivity index (χ1v) is 7.78. The van der Waals surface area contributed by atoms with Crippen molar-refractivity contribution in [2.75, 3.05) is 13.2 Å². The molecule has 0 aromatic heterocycles. The smallest absolute Gasteiger partial charge is 0.303 e. The zero-order chi connectivity index (χ0) is 16.3. The number of rotatable bonds is 7. The van der Waals surface area contributed by atoms with Gasteiger partial charge in [-0.3, -0.25) is 4.79 Å². The van der Waals surface area contributed by atoms with Crippen molar-refractivity contribution in [2.45, 2.75) is 76.3 Å². The number of aliphatic hydroxyl groups excluding tert-OH is 1. The van der Waals surface area contributed by atoms with Gasteiger partial charge in [-0.2, -0.15) is 0 Å². The molecule has 2 aliphatic rings. The Bertz CT molecular complexity index is 386. The molecule has 2 aliphatic heterocycles. The van der Waals surface area contributed by atoms with Crippen LogP contribution >= 0.6 is 0 Å². The van der Waals surface area contributed by atoms with Crippen LogP contribution in [0.25, 0.3) is 0 Å². The molecular weight excluding hydrogens is 292 g/mol. The van der Waals surface area contributed by atoms with Gasteiger partial charge in [0.05, 0.1) is 44.1 Å². The van der Waals surface area contributed by atoms with E-state index >= 15 is 0 Å². The Balaban J connectivity index is 1.73. The van der Waals surface area contributed by atoms with Crippen molar-refractivity contribution in [3.63, 3.8) is 0 Å². The van der Waals surface area contributed by atoms with Crippen LogP contribution in [0.4, 0.5) is 0 Å². The van der Waals surface area contributed by atoms with Crippen LogP contribution in [0.5, 0.6) is 0 Å². The van der Waals surface area contributed by atoms with E-state index in [-0.39, 0.29) is 30.8 Å². The summed E-state index contributed by atoms with van der Waals surface area (Å²) in [5.41, 5.74) is 0. The predicted molar refractivity (Wildman–Crippen MR) is 76.5 cm³/mol. The van der Waals surface area contributed by atoms with Gasteiger partial charge in [0, 0.05) is 12.8 Å². The van der Waals surface area contributed by atoms with Gasteiger partial charge in [-0.1, -0.05) is 0 Å². The normalized spacial score (nSPS) is 40.0. The summed E-state index contributed by atoms with van der Waals surface area (Å²) in [6.45, 7) is 6.14. The summed E-state index contributed by atoms with van der Waals surface area (Å²) in [4.78, 5) is 10.6. The van der Waals surface area contributed by atoms with Gasteiger partial charge in [0.25, 0.3) is 0 Å². The number of aliphatic carboxylic acids is 1. The highest BCUT2D eigenvalue weighted by Gasteiger charge is 2.40. The van der Waals surface area contributed by atoms with Gasteiger partial charge < -0.3 is 29.2 Å². The van der Waals surface area contributed by atoms with Gasteiger partial charge in [-0.15, -0.1) is 0 Å². The Morgan fingerprint density at radius 1 is 1.50 bits per heavy atom. The fraction of sp³-hybridized carbons (Fsp3) is 0.933. The first-order valence-electron chi connectivity index (χ1n) is 7.78. The number of carboxylic acids is 1. The van der Waals surface area contributed by atoms with Crippen LogP contribution in [0.3, 0.4) is 0 Å². The molecule has 0 bridgehead atoms. The molecule has 0 aromatic rings. The van der Waals surface area contributed by atoms with Gasteiger partial charge in [0.15, 0.2) is 5.79 Å². The number of hydrogen-bond donors (Lipinski definition) is 2. The van der Waals surface area contributed by atoms with E-state index in [4.69, 9.17) is 24.1 Å². The molecule has 6 atom stereocenters. The standard InChI is InChI=1S/C15H26O7/c1-9(16)12-6-13(10(2)21-12)19-7-11-8-20-15(3,22-11)5-4-14(17)18/h9-13,16H,4-8H2,1-3H3,(H,17,18). The van der Waals surface area contributed by atoms with Crippen molar-refractivity contribution >= 4 is 5.97 Å². The molecule has 7 heteroatoms. The van der Waals surface area contributed by atoms with Crippen LogP contribution in [0.2, 0.25) is 0 Å². The average Bonchev–Trinajstić information content (AvgIpc) is 2.99. The molecule has 0 saturated carbocycles. The Morgan fingerprint density at radius 3 is 2.82 bits per heavy atom. The largest absolute Gasteiger partial charge is 0.481 e. The number of carbonyl (C=O) groups is 1. The molecule has 0 amide bonds. The van der Waals surface area contributed by atoms with Gasteiger partial charge in [-0.25, -0.2) is 0 Å². The maximum absolute atomic E-state index is 10.6. The molecule has 2 fully saturated rings. The SMILES string of the molecule is CC(O)C1CC(OCC2COC(C)(CCC(=O)O)O2)C(C)O1. The van der Waals surface area contributed by atoms with E-state index in [1.165, 1.54) is 0 Å². The summed E-state index contributed by atoms with van der Waals surface area (Å²) in [7, 11) is 0. The molecule has 6 unspecified atom stereocenters. The van der Waals surface area contributed by atoms with Crippen molar-refractivity contribution in [2.24, 2.45) is 0 Å². The fourth-order valence-corrected chi connectivity index (χ4v) is 2.82. The minimum atomic E-state index is -0.866. The maximum atomic E-state index is 10.6. The Morgan fingerprint density at radius 2 is 2.23 bits per heavy atom. The predicted octanol–water partition coefficient (Wildman–Crippen LogP) is 0.926. The summed E-state index contributed by atoms with van der Waals surface area (Å²) >= 11 is 0. The van der Waals surface area contributed by atoms with E-state index in [2.05, 4.69) is 0 Å². The summed E-state index contributed by atoms with van der Waals surface area (Å²) in [5, 5.41) is 18.3. The second kappa shape index (κ2) is 7.23. The van der Waals surface area contributed by atoms with E-state index < -0.39 is 17.9 Å². The zero-order valence-electron chi connectivity index (χ0n) is 13.4. The summed E-state index contributed by atoms with van der Waals surface area (Å²) in [5.74, 6) is -1.72. The molecule has 2 saturated heterocycles. The van der Waals surface area contributed by atoms with Crippen LogP contribution in [-0.2, 0) is 23.7 Å². The third-order valence-corrected chi connectivity index (χ3v) is 4.20. The van der Waals surface area contributed by atoms with Crippen molar-refractivity contribution in [1.29, 1.82) is 0 Å². The second-order valence-electron chi connectivity index (χ2n) is 6.31. The lowest BCUT2D eigenvalue weighted by atomic mass is 10.1. The molecule has 7 nitrogen and oxygen atoms in total. The summed E-state index contributed by atoms with van der Waals surface area (Å²) < 4.78 is 22.8. The minimum absolute atomic E-state index is 0.00758. The Kier molecular flexibility index (Phi) is 5.79. The summed E-state index contributed by atoms with van der Waals surface area (Å²) in [6.07, 6.45) is -0.0867. The number of aliphatic hydroxyl groups is 1. The molecule has 0 radical (unpaired) electrons. The molecule has 0 aromatic carbocycles. The van der Waals surface area contributed by atoms with Crippen LogP contribution in [0.1, 0.15) is 40.0 Å². The highest BCUT2D eigenvalue weighted by atomic mass is 16.7. The Hall–Kier alpha value is -0.730. The van der Waals surface area contributed by atoms with Crippen LogP contribution in [-0.4, -0.2) is 65.7 Å². The van der Waals surface area contributed by atoms with Crippen LogP contribution in [0, 0.1) is 0 Å². The zero-order valence-corrected chi connectivity index (χ0v) is 13.4. The van der Waals surface area contributed by atoms with E-state index in [0.29, 0.717) is 26.1 Å². The quantitative estimate of drug-likeness (QED) is 0.721. The molecule has 2 rings (SSSR count). The number of hydrogen-bond acceptors (Lipinski definition) is 6. The van der Waals surface area contributed by atoms with Crippen molar-refractivity contribution in [3.05, 3.63) is 0 Å². The van der Waals surface area contributed by atoms with Crippen molar-refractivity contribution < 1.29 is 34.0 Å². The number of ether oxygens (including phenoxy) is 4. The lowest BCUT2D eigenvalue weighted by molar-refractivity contribution is -0.172. The first kappa shape index (κ1) is 17.6. The second-order valence-corrected chi connectivity index (χ2v) is 6.31. The third-order valence-electron chi connectivity index (χ3n) is 4.20. The highest BCUT2D eigenvalue weighted by Crippen LogP contribution is 2.30. The lowest BCUT2D eigenvalue weighted by Gasteiger charge is -2.23. The summed E-state index contributed by atoms with van der Waals surface area (Å²) in [6, 6.07) is 0. The van der Waals surface area contributed by atoms with E-state index in [1.54, 1.807) is 13.8 Å². The highest BCUT2D eigenvalue weighted by molar-refractivity contribution is 5.66. The van der Waals surface area contributed by atoms with Crippen molar-refractivity contribution in [3.8, 4) is 0 Å². The molecular formula is C15H26O7. The molecule has 2 N–H and O–H groups in total. The van der Waals surface area contributed by atoms with E-state index in [0.717, 1.165) is 0 Å². The van der Waals surface area contributed by atoms with Gasteiger partial charge in [0.1, 0.15) is 6.10 Å². The maximum Gasteiger partial charge on any atom is 0.303 e. The molecule has 0 aliphatic carbocycles. The van der Waals surface area contributed by atoms with Gasteiger partial charge in [0.2, 0.25) is 0 Å². The molecule has 0 spiro atoms.